The molecule has 1 amide bonds. The van der Waals surface area contributed by atoms with Gasteiger partial charge in [0.15, 0.2) is 0 Å². The Bertz CT molecular complexity index is 1270. The minimum atomic E-state index is 0.0310. The summed E-state index contributed by atoms with van der Waals surface area (Å²) in [6.45, 7) is 3.79. The number of carbonyl (C=O) groups is 1. The number of allylic oxidation sites excluding steroid dienone is 3. The van der Waals surface area contributed by atoms with Crippen molar-refractivity contribution in [3.8, 4) is 0 Å². The van der Waals surface area contributed by atoms with Crippen LogP contribution in [-0.2, 0) is 11.3 Å². The van der Waals surface area contributed by atoms with E-state index in [1.807, 2.05) is 41.3 Å². The number of imidazole rings is 1. The van der Waals surface area contributed by atoms with E-state index in [1.54, 1.807) is 12.2 Å². The summed E-state index contributed by atoms with van der Waals surface area (Å²) >= 11 is 0. The summed E-state index contributed by atoms with van der Waals surface area (Å²) < 4.78 is 5.46. The fraction of sp³-hybridized carbons (Fsp3) is 0.280. The zero-order chi connectivity index (χ0) is 21.7. The standard InChI is InChI=1S/C25H24N4O3/c30-20-5-1-16(2-6-20)24-26-22-8-4-19(14-23(22)27-24)29-15-17-13-18(3-7-21(17)25(29)31)28-9-11-32-12-10-28/h1,3-8,13-14,16,30H,2,9-12,15H2,(H,26,27). The average Bonchev–Trinajstić information content (AvgIpc) is 3.40. The number of aliphatic hydroxyl groups is 1. The first kappa shape index (κ1) is 19.1. The molecule has 7 heteroatoms. The Balaban J connectivity index is 1.26. The van der Waals surface area contributed by atoms with E-state index in [2.05, 4.69) is 16.0 Å². The molecule has 0 radical (unpaired) electrons. The number of amides is 1. The van der Waals surface area contributed by atoms with Gasteiger partial charge < -0.3 is 24.6 Å². The molecule has 32 heavy (non-hydrogen) atoms. The first-order valence-electron chi connectivity index (χ1n) is 11.0. The van der Waals surface area contributed by atoms with E-state index in [-0.39, 0.29) is 11.8 Å². The second-order valence-corrected chi connectivity index (χ2v) is 8.49. The van der Waals surface area contributed by atoms with Crippen LogP contribution in [0.2, 0.25) is 0 Å². The minimum Gasteiger partial charge on any atom is -0.508 e. The quantitative estimate of drug-likeness (QED) is 0.658. The van der Waals surface area contributed by atoms with Crippen molar-refractivity contribution >= 4 is 28.3 Å². The van der Waals surface area contributed by atoms with Gasteiger partial charge in [-0.25, -0.2) is 4.98 Å². The van der Waals surface area contributed by atoms with Gasteiger partial charge in [0.05, 0.1) is 30.8 Å². The van der Waals surface area contributed by atoms with Crippen molar-refractivity contribution in [2.45, 2.75) is 18.9 Å². The SMILES string of the molecule is O=C1c2ccc(N3CCOCC3)cc2CN1c1ccc2nc(C3C=CC(O)=CC3)[nH]c2c1. The number of H-pyrrole nitrogens is 1. The van der Waals surface area contributed by atoms with Crippen LogP contribution in [0, 0.1) is 0 Å². The number of aromatic amines is 1. The Hall–Kier alpha value is -3.58. The summed E-state index contributed by atoms with van der Waals surface area (Å²) in [5.41, 5.74) is 5.61. The van der Waals surface area contributed by atoms with Crippen molar-refractivity contribution in [2.24, 2.45) is 0 Å². The zero-order valence-electron chi connectivity index (χ0n) is 17.6. The van der Waals surface area contributed by atoms with Gasteiger partial charge in [-0.3, -0.25) is 4.79 Å². The summed E-state index contributed by atoms with van der Waals surface area (Å²) in [5, 5.41) is 9.56. The number of carbonyl (C=O) groups excluding carboxylic acids is 1. The van der Waals surface area contributed by atoms with Gasteiger partial charge in [0.25, 0.3) is 5.91 Å². The molecule has 0 spiro atoms. The molecule has 0 saturated carbocycles. The predicted molar refractivity (Wildman–Crippen MR) is 123 cm³/mol. The molecule has 1 fully saturated rings. The van der Waals surface area contributed by atoms with E-state index in [0.29, 0.717) is 18.7 Å². The molecule has 3 aliphatic rings. The first-order chi connectivity index (χ1) is 15.7. The second kappa shape index (κ2) is 7.53. The second-order valence-electron chi connectivity index (χ2n) is 8.49. The van der Waals surface area contributed by atoms with Gasteiger partial charge in [0.2, 0.25) is 0 Å². The van der Waals surface area contributed by atoms with Crippen molar-refractivity contribution < 1.29 is 14.6 Å². The number of benzene rings is 2. The molecule has 2 aromatic carbocycles. The molecule has 1 unspecified atom stereocenters. The number of nitrogens with one attached hydrogen (secondary N) is 1. The van der Waals surface area contributed by atoms with Gasteiger partial charge in [0, 0.05) is 35.9 Å². The molecular formula is C25H24N4O3. The van der Waals surface area contributed by atoms with Crippen LogP contribution in [0.1, 0.15) is 34.1 Å². The number of anilines is 2. The zero-order valence-corrected chi connectivity index (χ0v) is 17.6. The van der Waals surface area contributed by atoms with E-state index in [1.165, 1.54) is 0 Å². The molecule has 3 aromatic rings. The molecule has 1 atom stereocenters. The monoisotopic (exact) mass is 428 g/mol. The predicted octanol–water partition coefficient (Wildman–Crippen LogP) is 4.05. The molecule has 1 aromatic heterocycles. The lowest BCUT2D eigenvalue weighted by Crippen LogP contribution is -2.36. The van der Waals surface area contributed by atoms with E-state index in [0.717, 1.165) is 65.7 Å². The summed E-state index contributed by atoms with van der Waals surface area (Å²) in [7, 11) is 0. The van der Waals surface area contributed by atoms with Crippen LogP contribution in [0.5, 0.6) is 0 Å². The average molecular weight is 428 g/mol. The van der Waals surface area contributed by atoms with Crippen molar-refractivity contribution in [3.05, 3.63) is 77.3 Å². The lowest BCUT2D eigenvalue weighted by atomic mass is 10.00. The van der Waals surface area contributed by atoms with Crippen LogP contribution in [0.15, 0.2) is 60.4 Å². The van der Waals surface area contributed by atoms with Crippen molar-refractivity contribution in [1.82, 2.24) is 9.97 Å². The topological polar surface area (TPSA) is 81.7 Å². The highest BCUT2D eigenvalue weighted by atomic mass is 16.5. The van der Waals surface area contributed by atoms with E-state index in [9.17, 15) is 9.90 Å². The van der Waals surface area contributed by atoms with Gasteiger partial charge in [-0.05, 0) is 60.5 Å². The van der Waals surface area contributed by atoms with Gasteiger partial charge in [0.1, 0.15) is 11.6 Å². The highest BCUT2D eigenvalue weighted by Gasteiger charge is 2.29. The molecule has 1 aliphatic carbocycles. The number of ether oxygens (including phenoxy) is 1. The minimum absolute atomic E-state index is 0.0310. The van der Waals surface area contributed by atoms with Gasteiger partial charge >= 0.3 is 0 Å². The van der Waals surface area contributed by atoms with Crippen LogP contribution < -0.4 is 9.80 Å². The van der Waals surface area contributed by atoms with Crippen molar-refractivity contribution in [2.75, 3.05) is 36.1 Å². The maximum atomic E-state index is 13.1. The highest BCUT2D eigenvalue weighted by molar-refractivity contribution is 6.10. The smallest absolute Gasteiger partial charge is 0.258 e. The van der Waals surface area contributed by atoms with Crippen LogP contribution in [-0.4, -0.2) is 47.3 Å². The molecule has 0 bridgehead atoms. The Labute approximate surface area is 185 Å². The highest BCUT2D eigenvalue weighted by Crippen LogP contribution is 2.33. The number of morpholine rings is 1. The molecule has 162 valence electrons. The normalized spacial score (nSPS) is 20.7. The number of nitrogens with zero attached hydrogens (tertiary/aromatic N) is 3. The number of aliphatic hydroxyl groups excluding tert-OH is 1. The van der Waals surface area contributed by atoms with Crippen LogP contribution in [0.4, 0.5) is 11.4 Å². The number of rotatable bonds is 3. The van der Waals surface area contributed by atoms with E-state index < -0.39 is 0 Å². The number of aromatic nitrogens is 2. The molecule has 7 nitrogen and oxygen atoms in total. The Morgan fingerprint density at radius 2 is 1.94 bits per heavy atom. The largest absolute Gasteiger partial charge is 0.508 e. The number of hydrogen-bond acceptors (Lipinski definition) is 5. The van der Waals surface area contributed by atoms with Gasteiger partial charge in [-0.1, -0.05) is 6.08 Å². The number of fused-ring (bicyclic) bond motifs is 2. The fourth-order valence-corrected chi connectivity index (χ4v) is 4.71. The van der Waals surface area contributed by atoms with E-state index >= 15 is 0 Å². The molecular weight excluding hydrogens is 404 g/mol. The third kappa shape index (κ3) is 3.26. The van der Waals surface area contributed by atoms with Crippen molar-refractivity contribution in [3.63, 3.8) is 0 Å². The summed E-state index contributed by atoms with van der Waals surface area (Å²) in [6.07, 6.45) is 6.17. The Morgan fingerprint density at radius 3 is 2.75 bits per heavy atom. The molecule has 2 N–H and O–H groups in total. The number of hydrogen-bond donors (Lipinski definition) is 2. The van der Waals surface area contributed by atoms with Crippen LogP contribution in [0.25, 0.3) is 11.0 Å². The third-order valence-electron chi connectivity index (χ3n) is 6.50. The lowest BCUT2D eigenvalue weighted by molar-refractivity contribution is 0.0996. The first-order valence-corrected chi connectivity index (χ1v) is 11.0. The fourth-order valence-electron chi connectivity index (χ4n) is 4.71. The third-order valence-corrected chi connectivity index (χ3v) is 6.50. The summed E-state index contributed by atoms with van der Waals surface area (Å²) in [4.78, 5) is 25.4. The summed E-state index contributed by atoms with van der Waals surface area (Å²) in [6, 6.07) is 12.1. The maximum Gasteiger partial charge on any atom is 0.258 e. The van der Waals surface area contributed by atoms with Gasteiger partial charge in [-0.15, -0.1) is 0 Å². The van der Waals surface area contributed by atoms with E-state index in [4.69, 9.17) is 9.72 Å². The molecule has 6 rings (SSSR count). The summed E-state index contributed by atoms with van der Waals surface area (Å²) in [5.74, 6) is 1.30. The molecule has 3 heterocycles. The maximum absolute atomic E-state index is 13.1. The van der Waals surface area contributed by atoms with Crippen LogP contribution >= 0.6 is 0 Å². The lowest BCUT2D eigenvalue weighted by Gasteiger charge is -2.29. The Morgan fingerprint density at radius 1 is 1.09 bits per heavy atom. The molecule has 1 saturated heterocycles. The molecule has 2 aliphatic heterocycles. The Kier molecular flexibility index (Phi) is 4.50. The van der Waals surface area contributed by atoms with Crippen molar-refractivity contribution in [1.29, 1.82) is 0 Å². The van der Waals surface area contributed by atoms with Crippen LogP contribution in [0.3, 0.4) is 0 Å². The van der Waals surface area contributed by atoms with Gasteiger partial charge in [-0.2, -0.15) is 0 Å².